The highest BCUT2D eigenvalue weighted by atomic mass is 16.5. The highest BCUT2D eigenvalue weighted by molar-refractivity contribution is 5.99. The van der Waals surface area contributed by atoms with Crippen LogP contribution in [0.25, 0.3) is 0 Å². The van der Waals surface area contributed by atoms with Crippen LogP contribution in [0.2, 0.25) is 0 Å². The number of carbonyl (C=O) groups excluding carboxylic acids is 1. The molecule has 1 heterocycles. The van der Waals surface area contributed by atoms with Gasteiger partial charge in [0.25, 0.3) is 5.91 Å². The van der Waals surface area contributed by atoms with E-state index in [4.69, 9.17) is 9.47 Å². The number of rotatable bonds is 6. The summed E-state index contributed by atoms with van der Waals surface area (Å²) in [5.41, 5.74) is 1.37. The second-order valence-electron chi connectivity index (χ2n) is 4.13. The number of aromatic amines is 1. The molecule has 0 aliphatic rings. The Balaban J connectivity index is 2.04. The summed E-state index contributed by atoms with van der Waals surface area (Å²) in [6.07, 6.45) is 2.36. The first-order chi connectivity index (χ1) is 9.76. The minimum Gasteiger partial charge on any atom is -0.496 e. The van der Waals surface area contributed by atoms with E-state index in [9.17, 15) is 4.79 Å². The van der Waals surface area contributed by atoms with Crippen molar-refractivity contribution in [3.05, 3.63) is 41.7 Å². The van der Waals surface area contributed by atoms with Crippen LogP contribution in [-0.4, -0.2) is 36.9 Å². The molecule has 106 valence electrons. The van der Waals surface area contributed by atoms with Crippen molar-refractivity contribution in [1.82, 2.24) is 15.5 Å². The lowest BCUT2D eigenvalue weighted by atomic mass is 10.1. The van der Waals surface area contributed by atoms with Gasteiger partial charge in [-0.2, -0.15) is 5.10 Å². The fraction of sp³-hybridized carbons (Fsp3) is 0.286. The maximum atomic E-state index is 12.2. The molecular weight excluding hydrogens is 258 g/mol. The topological polar surface area (TPSA) is 76.2 Å². The Labute approximate surface area is 117 Å². The first kappa shape index (κ1) is 13.9. The molecule has 0 aliphatic heterocycles. The van der Waals surface area contributed by atoms with Crippen LogP contribution >= 0.6 is 0 Å². The summed E-state index contributed by atoms with van der Waals surface area (Å²) in [7, 11) is 3.05. The van der Waals surface area contributed by atoms with E-state index in [-0.39, 0.29) is 5.91 Å². The van der Waals surface area contributed by atoms with E-state index in [1.807, 2.05) is 6.07 Å². The Bertz CT molecular complexity index is 545. The third-order valence-corrected chi connectivity index (χ3v) is 2.89. The van der Waals surface area contributed by atoms with Crippen molar-refractivity contribution in [2.24, 2.45) is 0 Å². The molecule has 0 bridgehead atoms. The van der Waals surface area contributed by atoms with Crippen LogP contribution in [0.1, 0.15) is 16.1 Å². The Morgan fingerprint density at radius 2 is 1.95 bits per heavy atom. The molecule has 0 atom stereocenters. The molecule has 20 heavy (non-hydrogen) atoms. The number of methoxy groups -OCH3 is 2. The van der Waals surface area contributed by atoms with Crippen LogP contribution < -0.4 is 14.8 Å². The van der Waals surface area contributed by atoms with Crippen molar-refractivity contribution in [2.45, 2.75) is 6.42 Å². The van der Waals surface area contributed by atoms with Gasteiger partial charge in [-0.25, -0.2) is 0 Å². The zero-order valence-electron chi connectivity index (χ0n) is 11.5. The van der Waals surface area contributed by atoms with Gasteiger partial charge in [-0.3, -0.25) is 9.89 Å². The van der Waals surface area contributed by atoms with Gasteiger partial charge < -0.3 is 14.8 Å². The number of H-pyrrole nitrogens is 1. The molecule has 1 amide bonds. The number of hydrogen-bond donors (Lipinski definition) is 2. The van der Waals surface area contributed by atoms with Crippen molar-refractivity contribution in [2.75, 3.05) is 20.8 Å². The zero-order chi connectivity index (χ0) is 14.4. The second kappa shape index (κ2) is 6.60. The molecule has 0 spiro atoms. The maximum absolute atomic E-state index is 12.2. The number of nitrogens with one attached hydrogen (secondary N) is 2. The van der Waals surface area contributed by atoms with Gasteiger partial charge in [-0.1, -0.05) is 6.07 Å². The molecule has 0 unspecified atom stereocenters. The van der Waals surface area contributed by atoms with E-state index in [1.54, 1.807) is 24.4 Å². The van der Waals surface area contributed by atoms with Crippen LogP contribution in [0.4, 0.5) is 0 Å². The number of amides is 1. The molecule has 2 aromatic rings. The Morgan fingerprint density at radius 3 is 2.50 bits per heavy atom. The van der Waals surface area contributed by atoms with E-state index in [0.717, 1.165) is 5.69 Å². The average Bonchev–Trinajstić information content (AvgIpc) is 2.99. The lowest BCUT2D eigenvalue weighted by molar-refractivity contribution is 0.0948. The molecule has 0 radical (unpaired) electrons. The summed E-state index contributed by atoms with van der Waals surface area (Å²) in [5.74, 6) is 0.755. The molecule has 2 rings (SSSR count). The first-order valence-corrected chi connectivity index (χ1v) is 6.23. The van der Waals surface area contributed by atoms with E-state index in [1.165, 1.54) is 14.2 Å². The third-order valence-electron chi connectivity index (χ3n) is 2.89. The molecule has 2 N–H and O–H groups in total. The van der Waals surface area contributed by atoms with Gasteiger partial charge in [0, 0.05) is 24.9 Å². The molecule has 0 saturated heterocycles. The standard InChI is InChI=1S/C14H17N3O3/c1-19-11-4-3-5-12(20-2)13(11)14(18)15-8-6-10-7-9-16-17-10/h3-5,7,9H,6,8H2,1-2H3,(H,15,18)(H,16,17). The maximum Gasteiger partial charge on any atom is 0.258 e. The number of hydrogen-bond acceptors (Lipinski definition) is 4. The molecule has 0 aliphatic carbocycles. The molecule has 0 saturated carbocycles. The van der Waals surface area contributed by atoms with Crippen molar-refractivity contribution >= 4 is 5.91 Å². The van der Waals surface area contributed by atoms with E-state index < -0.39 is 0 Å². The summed E-state index contributed by atoms with van der Waals surface area (Å²) >= 11 is 0. The van der Waals surface area contributed by atoms with Crippen LogP contribution in [0.3, 0.4) is 0 Å². The number of nitrogens with zero attached hydrogens (tertiary/aromatic N) is 1. The normalized spacial score (nSPS) is 10.1. The van der Waals surface area contributed by atoms with Crippen molar-refractivity contribution in [3.63, 3.8) is 0 Å². The fourth-order valence-electron chi connectivity index (χ4n) is 1.90. The van der Waals surface area contributed by atoms with Crippen molar-refractivity contribution in [3.8, 4) is 11.5 Å². The van der Waals surface area contributed by atoms with Gasteiger partial charge in [0.05, 0.1) is 14.2 Å². The van der Waals surface area contributed by atoms with Crippen molar-refractivity contribution < 1.29 is 14.3 Å². The van der Waals surface area contributed by atoms with Crippen LogP contribution in [0, 0.1) is 0 Å². The summed E-state index contributed by atoms with van der Waals surface area (Å²) in [6, 6.07) is 7.10. The minimum absolute atomic E-state index is 0.223. The molecular formula is C14H17N3O3. The first-order valence-electron chi connectivity index (χ1n) is 6.23. The van der Waals surface area contributed by atoms with Crippen LogP contribution in [0.5, 0.6) is 11.5 Å². The second-order valence-corrected chi connectivity index (χ2v) is 4.13. The monoisotopic (exact) mass is 275 g/mol. The number of carbonyl (C=O) groups is 1. The smallest absolute Gasteiger partial charge is 0.258 e. The highest BCUT2D eigenvalue weighted by Crippen LogP contribution is 2.27. The number of benzene rings is 1. The summed E-state index contributed by atoms with van der Waals surface area (Å²) in [4.78, 5) is 12.2. The van der Waals surface area contributed by atoms with E-state index >= 15 is 0 Å². The van der Waals surface area contributed by atoms with Gasteiger partial charge in [0.2, 0.25) is 0 Å². The van der Waals surface area contributed by atoms with Gasteiger partial charge in [0.15, 0.2) is 0 Å². The Hall–Kier alpha value is -2.50. The average molecular weight is 275 g/mol. The summed E-state index contributed by atoms with van der Waals surface area (Å²) < 4.78 is 10.4. The zero-order valence-corrected chi connectivity index (χ0v) is 11.5. The predicted octanol–water partition coefficient (Wildman–Crippen LogP) is 1.40. The predicted molar refractivity (Wildman–Crippen MR) is 74.2 cm³/mol. The lowest BCUT2D eigenvalue weighted by Crippen LogP contribution is -2.26. The lowest BCUT2D eigenvalue weighted by Gasteiger charge is -2.12. The van der Waals surface area contributed by atoms with E-state index in [2.05, 4.69) is 15.5 Å². The fourth-order valence-corrected chi connectivity index (χ4v) is 1.90. The third kappa shape index (κ3) is 3.09. The van der Waals surface area contributed by atoms with Crippen LogP contribution in [-0.2, 0) is 6.42 Å². The minimum atomic E-state index is -0.223. The molecule has 1 aromatic heterocycles. The van der Waals surface area contributed by atoms with Crippen LogP contribution in [0.15, 0.2) is 30.5 Å². The molecule has 6 heteroatoms. The molecule has 1 aromatic carbocycles. The van der Waals surface area contributed by atoms with Gasteiger partial charge in [-0.05, 0) is 18.2 Å². The van der Waals surface area contributed by atoms with E-state index in [0.29, 0.717) is 30.0 Å². The molecule has 0 fully saturated rings. The number of aromatic nitrogens is 2. The summed E-state index contributed by atoms with van der Waals surface area (Å²) in [5, 5.41) is 9.54. The molecule has 6 nitrogen and oxygen atoms in total. The number of ether oxygens (including phenoxy) is 2. The Kier molecular flexibility index (Phi) is 4.60. The quantitative estimate of drug-likeness (QED) is 0.835. The van der Waals surface area contributed by atoms with Gasteiger partial charge in [-0.15, -0.1) is 0 Å². The highest BCUT2D eigenvalue weighted by Gasteiger charge is 2.17. The SMILES string of the molecule is COc1cccc(OC)c1C(=O)NCCc1ccn[nH]1. The van der Waals surface area contributed by atoms with Gasteiger partial charge >= 0.3 is 0 Å². The Morgan fingerprint density at radius 1 is 1.25 bits per heavy atom. The van der Waals surface area contributed by atoms with Gasteiger partial charge in [0.1, 0.15) is 17.1 Å². The van der Waals surface area contributed by atoms with Crippen molar-refractivity contribution in [1.29, 1.82) is 0 Å². The summed E-state index contributed by atoms with van der Waals surface area (Å²) in [6.45, 7) is 0.502. The largest absolute Gasteiger partial charge is 0.496 e.